The number of aryl methyl sites for hydroxylation is 1. The molecule has 0 aliphatic rings. The van der Waals surface area contributed by atoms with Crippen LogP contribution in [0.25, 0.3) is 11.6 Å². The molecule has 24 heavy (non-hydrogen) atoms. The minimum atomic E-state index is -0.207. The van der Waals surface area contributed by atoms with E-state index in [1.807, 2.05) is 51.2 Å². The van der Waals surface area contributed by atoms with Crippen LogP contribution < -0.4 is 5.32 Å². The maximum Gasteiger partial charge on any atom is 0.322 e. The lowest BCUT2D eigenvalue weighted by Crippen LogP contribution is -2.14. The van der Waals surface area contributed by atoms with E-state index in [-0.39, 0.29) is 30.3 Å². The first kappa shape index (κ1) is 15.9. The molecule has 0 saturated carbocycles. The van der Waals surface area contributed by atoms with Crippen LogP contribution in [-0.2, 0) is 11.2 Å². The Kier molecular flexibility index (Phi) is 4.41. The van der Waals surface area contributed by atoms with Crippen molar-refractivity contribution in [1.29, 1.82) is 0 Å². The fourth-order valence-corrected chi connectivity index (χ4v) is 2.17. The Bertz CT molecular complexity index is 833. The van der Waals surface area contributed by atoms with Crippen LogP contribution >= 0.6 is 0 Å². The molecule has 1 amide bonds. The molecular formula is C17H19N5O2. The van der Waals surface area contributed by atoms with Crippen LogP contribution in [0.2, 0.25) is 0 Å². The fraction of sp³-hybridized carbons (Fsp3) is 0.294. The smallest absolute Gasteiger partial charge is 0.322 e. The van der Waals surface area contributed by atoms with Gasteiger partial charge in [0.1, 0.15) is 5.69 Å². The van der Waals surface area contributed by atoms with Gasteiger partial charge in [0.05, 0.1) is 6.42 Å². The number of benzene rings is 1. The molecule has 124 valence electrons. The third-order valence-corrected chi connectivity index (χ3v) is 3.51. The summed E-state index contributed by atoms with van der Waals surface area (Å²) in [6.45, 7) is 6.06. The molecule has 1 aromatic carbocycles. The largest absolute Gasteiger partial charge is 0.401 e. The number of aromatic nitrogens is 4. The van der Waals surface area contributed by atoms with Crippen LogP contribution in [0.4, 0.5) is 6.01 Å². The number of carbonyl (C=O) groups excluding carboxylic acids is 1. The molecular weight excluding hydrogens is 306 g/mol. The SMILES string of the molecule is Cc1ccc(CC(=O)Nc2nnc(-c3ccn(C(C)C)n3)o2)cc1. The highest BCUT2D eigenvalue weighted by atomic mass is 16.4. The minimum absolute atomic E-state index is 0.0706. The first-order valence-corrected chi connectivity index (χ1v) is 7.75. The second-order valence-electron chi connectivity index (χ2n) is 5.90. The van der Waals surface area contributed by atoms with Crippen LogP contribution in [0.15, 0.2) is 40.9 Å². The van der Waals surface area contributed by atoms with Gasteiger partial charge in [-0.2, -0.15) is 5.10 Å². The number of nitrogens with one attached hydrogen (secondary N) is 1. The monoisotopic (exact) mass is 325 g/mol. The normalized spacial score (nSPS) is 11.0. The van der Waals surface area contributed by atoms with E-state index in [2.05, 4.69) is 20.6 Å². The molecule has 7 nitrogen and oxygen atoms in total. The van der Waals surface area contributed by atoms with E-state index in [0.29, 0.717) is 5.69 Å². The second kappa shape index (κ2) is 6.66. The minimum Gasteiger partial charge on any atom is -0.401 e. The molecule has 3 aromatic rings. The molecule has 0 radical (unpaired) electrons. The maximum absolute atomic E-state index is 12.0. The molecule has 0 aliphatic heterocycles. The molecule has 7 heteroatoms. The van der Waals surface area contributed by atoms with E-state index < -0.39 is 0 Å². The van der Waals surface area contributed by atoms with E-state index in [0.717, 1.165) is 11.1 Å². The number of rotatable bonds is 5. The Hall–Kier alpha value is -2.96. The van der Waals surface area contributed by atoms with Gasteiger partial charge < -0.3 is 4.42 Å². The Morgan fingerprint density at radius 3 is 2.62 bits per heavy atom. The predicted molar refractivity (Wildman–Crippen MR) is 89.4 cm³/mol. The van der Waals surface area contributed by atoms with Crippen LogP contribution in [0.1, 0.15) is 31.0 Å². The number of hydrogen-bond donors (Lipinski definition) is 1. The van der Waals surface area contributed by atoms with Crippen LogP contribution in [0.5, 0.6) is 0 Å². The number of nitrogens with zero attached hydrogens (tertiary/aromatic N) is 4. The van der Waals surface area contributed by atoms with Crippen molar-refractivity contribution in [2.75, 3.05) is 5.32 Å². The van der Waals surface area contributed by atoms with Gasteiger partial charge in [-0.05, 0) is 32.4 Å². The van der Waals surface area contributed by atoms with E-state index in [1.54, 1.807) is 10.7 Å². The van der Waals surface area contributed by atoms with Crippen molar-refractivity contribution < 1.29 is 9.21 Å². The van der Waals surface area contributed by atoms with Gasteiger partial charge in [0.15, 0.2) is 0 Å². The van der Waals surface area contributed by atoms with Gasteiger partial charge in [-0.25, -0.2) is 0 Å². The zero-order chi connectivity index (χ0) is 17.1. The van der Waals surface area contributed by atoms with Crippen molar-refractivity contribution in [2.24, 2.45) is 0 Å². The summed E-state index contributed by atoms with van der Waals surface area (Å²) in [4.78, 5) is 12.0. The third-order valence-electron chi connectivity index (χ3n) is 3.51. The number of hydrogen-bond acceptors (Lipinski definition) is 5. The summed E-state index contributed by atoms with van der Waals surface area (Å²) in [6, 6.07) is 9.90. The molecule has 0 atom stereocenters. The average Bonchev–Trinajstić information content (AvgIpc) is 3.18. The molecule has 2 heterocycles. The summed E-state index contributed by atoms with van der Waals surface area (Å²) >= 11 is 0. The Balaban J connectivity index is 1.64. The number of carbonyl (C=O) groups is 1. The van der Waals surface area contributed by atoms with Crippen LogP contribution in [0, 0.1) is 6.92 Å². The summed E-state index contributed by atoms with van der Waals surface area (Å²) in [5.74, 6) is 0.0711. The molecule has 0 spiro atoms. The maximum atomic E-state index is 12.0. The van der Waals surface area contributed by atoms with Crippen molar-refractivity contribution in [3.05, 3.63) is 47.7 Å². The zero-order valence-electron chi connectivity index (χ0n) is 13.9. The predicted octanol–water partition coefficient (Wildman–Crippen LogP) is 3.00. The van der Waals surface area contributed by atoms with Gasteiger partial charge in [-0.3, -0.25) is 14.8 Å². The van der Waals surface area contributed by atoms with Crippen molar-refractivity contribution >= 4 is 11.9 Å². The average molecular weight is 325 g/mol. The molecule has 1 N–H and O–H groups in total. The standard InChI is InChI=1S/C17H19N5O2/c1-11(2)22-9-8-14(21-22)16-19-20-17(24-16)18-15(23)10-13-6-4-12(3)5-7-13/h4-9,11H,10H2,1-3H3,(H,18,20,23). The highest BCUT2D eigenvalue weighted by Crippen LogP contribution is 2.19. The van der Waals surface area contributed by atoms with E-state index in [9.17, 15) is 4.79 Å². The van der Waals surface area contributed by atoms with Gasteiger partial charge in [0, 0.05) is 12.2 Å². The van der Waals surface area contributed by atoms with E-state index in [4.69, 9.17) is 4.42 Å². The highest BCUT2D eigenvalue weighted by Gasteiger charge is 2.14. The summed E-state index contributed by atoms with van der Waals surface area (Å²) in [5, 5.41) is 14.7. The lowest BCUT2D eigenvalue weighted by molar-refractivity contribution is -0.115. The van der Waals surface area contributed by atoms with E-state index >= 15 is 0 Å². The topological polar surface area (TPSA) is 85.8 Å². The van der Waals surface area contributed by atoms with Crippen molar-refractivity contribution in [2.45, 2.75) is 33.2 Å². The van der Waals surface area contributed by atoms with Crippen molar-refractivity contribution in [3.8, 4) is 11.6 Å². The number of amides is 1. The number of anilines is 1. The molecule has 3 rings (SSSR count). The van der Waals surface area contributed by atoms with Gasteiger partial charge >= 0.3 is 6.01 Å². The lowest BCUT2D eigenvalue weighted by atomic mass is 10.1. The zero-order valence-corrected chi connectivity index (χ0v) is 13.9. The van der Waals surface area contributed by atoms with Crippen molar-refractivity contribution in [3.63, 3.8) is 0 Å². The third kappa shape index (κ3) is 3.68. The first-order valence-electron chi connectivity index (χ1n) is 7.75. The van der Waals surface area contributed by atoms with Crippen LogP contribution in [0.3, 0.4) is 0 Å². The molecule has 0 bridgehead atoms. The summed E-state index contributed by atoms with van der Waals surface area (Å²) in [7, 11) is 0. The van der Waals surface area contributed by atoms with Gasteiger partial charge in [-0.15, -0.1) is 5.10 Å². The fourth-order valence-electron chi connectivity index (χ4n) is 2.17. The Labute approximate surface area is 139 Å². The van der Waals surface area contributed by atoms with Crippen LogP contribution in [-0.4, -0.2) is 25.9 Å². The summed E-state index contributed by atoms with van der Waals surface area (Å²) in [5.41, 5.74) is 2.66. The van der Waals surface area contributed by atoms with Gasteiger partial charge in [0.25, 0.3) is 5.89 Å². The lowest BCUT2D eigenvalue weighted by Gasteiger charge is -2.02. The van der Waals surface area contributed by atoms with Gasteiger partial charge in [0.2, 0.25) is 5.91 Å². The summed E-state index contributed by atoms with van der Waals surface area (Å²) in [6.07, 6.45) is 2.10. The molecule has 0 fully saturated rings. The molecule has 0 saturated heterocycles. The molecule has 0 unspecified atom stereocenters. The highest BCUT2D eigenvalue weighted by molar-refractivity contribution is 5.90. The second-order valence-corrected chi connectivity index (χ2v) is 5.90. The Morgan fingerprint density at radius 1 is 1.21 bits per heavy atom. The van der Waals surface area contributed by atoms with E-state index in [1.165, 1.54) is 0 Å². The quantitative estimate of drug-likeness (QED) is 0.779. The van der Waals surface area contributed by atoms with Gasteiger partial charge in [-0.1, -0.05) is 34.9 Å². The first-order chi connectivity index (χ1) is 11.5. The summed E-state index contributed by atoms with van der Waals surface area (Å²) < 4.78 is 7.26. The molecule has 2 aromatic heterocycles. The molecule has 0 aliphatic carbocycles. The van der Waals surface area contributed by atoms with Crippen molar-refractivity contribution in [1.82, 2.24) is 20.0 Å². The Morgan fingerprint density at radius 2 is 1.96 bits per heavy atom.